The third kappa shape index (κ3) is 22.8. The molecule has 0 amide bonds. The van der Waals surface area contributed by atoms with Crippen LogP contribution in [0, 0.1) is 0 Å². The number of unbranched alkanes of at least 4 members (excludes halogenated alkanes) is 7. The Morgan fingerprint density at radius 2 is 0.870 bits per heavy atom. The van der Waals surface area contributed by atoms with E-state index in [0.717, 1.165) is 4.90 Å². The molecule has 0 atom stereocenters. The molecular weight excluding hydrogens is 302 g/mol. The molecule has 0 unspecified atom stereocenters. The first-order valence-corrected chi connectivity index (χ1v) is 8.21. The van der Waals surface area contributed by atoms with Gasteiger partial charge in [-0.3, -0.25) is 19.3 Å². The average Bonchev–Trinajstić information content (AvgIpc) is 2.41. The monoisotopic (exact) mass is 333 g/mol. The average molecular weight is 333 g/mol. The number of rotatable bonds is 13. The van der Waals surface area contributed by atoms with Crippen molar-refractivity contribution < 1.29 is 29.7 Å². The second kappa shape index (κ2) is 16.7. The Morgan fingerprint density at radius 3 is 1.09 bits per heavy atom. The molecule has 0 bridgehead atoms. The highest BCUT2D eigenvalue weighted by molar-refractivity contribution is 5.75. The maximum Gasteiger partial charge on any atom is 0.317 e. The van der Waals surface area contributed by atoms with Crippen molar-refractivity contribution in [2.24, 2.45) is 0 Å². The Morgan fingerprint density at radius 1 is 0.609 bits per heavy atom. The van der Waals surface area contributed by atoms with E-state index in [2.05, 4.69) is 13.8 Å². The van der Waals surface area contributed by atoms with E-state index in [1.54, 1.807) is 0 Å². The smallest absolute Gasteiger partial charge is 0.317 e. The van der Waals surface area contributed by atoms with Crippen LogP contribution < -0.4 is 0 Å². The third-order valence-corrected chi connectivity index (χ3v) is 3.03. The number of carboxylic acid groups (broad SMARTS) is 3. The molecule has 0 aliphatic carbocycles. The van der Waals surface area contributed by atoms with Crippen LogP contribution in [-0.4, -0.2) is 57.8 Å². The van der Waals surface area contributed by atoms with Gasteiger partial charge in [0, 0.05) is 0 Å². The van der Waals surface area contributed by atoms with Crippen molar-refractivity contribution in [1.29, 1.82) is 0 Å². The molecule has 136 valence electrons. The second-order valence-corrected chi connectivity index (χ2v) is 5.45. The first kappa shape index (κ1) is 23.6. The molecule has 0 heterocycles. The van der Waals surface area contributed by atoms with Gasteiger partial charge in [0.2, 0.25) is 0 Å². The van der Waals surface area contributed by atoms with Crippen LogP contribution in [0.2, 0.25) is 0 Å². The van der Waals surface area contributed by atoms with Crippen LogP contribution in [-0.2, 0) is 14.4 Å². The number of aliphatic carboxylic acids is 3. The van der Waals surface area contributed by atoms with E-state index in [0.29, 0.717) is 0 Å². The van der Waals surface area contributed by atoms with Gasteiger partial charge in [-0.2, -0.15) is 0 Å². The third-order valence-electron chi connectivity index (χ3n) is 3.03. The second-order valence-electron chi connectivity index (χ2n) is 5.45. The normalized spacial score (nSPS) is 10.0. The van der Waals surface area contributed by atoms with E-state index in [1.807, 2.05) is 0 Å². The van der Waals surface area contributed by atoms with Gasteiger partial charge in [0.1, 0.15) is 0 Å². The molecule has 0 aliphatic rings. The number of nitrogens with zero attached hydrogens (tertiary/aromatic N) is 1. The van der Waals surface area contributed by atoms with Crippen LogP contribution in [0.15, 0.2) is 0 Å². The van der Waals surface area contributed by atoms with Crippen LogP contribution in [0.4, 0.5) is 0 Å². The summed E-state index contributed by atoms with van der Waals surface area (Å²) in [6, 6.07) is 0. The molecule has 0 fully saturated rings. The predicted molar refractivity (Wildman–Crippen MR) is 87.6 cm³/mol. The summed E-state index contributed by atoms with van der Waals surface area (Å²) in [5.41, 5.74) is 0. The maximum atomic E-state index is 10.1. The molecule has 0 spiro atoms. The quantitative estimate of drug-likeness (QED) is 0.444. The molecule has 0 rings (SSSR count). The standard InChI is InChI=1S/C10H22.C6H9NO6/c1-3-5-7-9-10-8-6-4-2;8-4(9)1-7(2-5(10)11)3-6(12)13/h3-10H2,1-2H3;1-3H2,(H,8,9)(H,10,11)(H,12,13). The van der Waals surface area contributed by atoms with Gasteiger partial charge in [-0.1, -0.05) is 65.2 Å². The van der Waals surface area contributed by atoms with Crippen molar-refractivity contribution in [2.45, 2.75) is 65.2 Å². The molecule has 0 aromatic carbocycles. The van der Waals surface area contributed by atoms with Crippen LogP contribution >= 0.6 is 0 Å². The zero-order chi connectivity index (χ0) is 18.1. The van der Waals surface area contributed by atoms with Crippen molar-refractivity contribution in [3.63, 3.8) is 0 Å². The lowest BCUT2D eigenvalue weighted by Gasteiger charge is -2.14. The lowest BCUT2D eigenvalue weighted by atomic mass is 10.1. The highest BCUT2D eigenvalue weighted by atomic mass is 16.4. The van der Waals surface area contributed by atoms with Crippen molar-refractivity contribution in [3.8, 4) is 0 Å². The van der Waals surface area contributed by atoms with Crippen molar-refractivity contribution in [2.75, 3.05) is 19.6 Å². The van der Waals surface area contributed by atoms with Gasteiger partial charge in [0.05, 0.1) is 19.6 Å². The largest absolute Gasteiger partial charge is 0.480 e. The van der Waals surface area contributed by atoms with Gasteiger partial charge in [-0.05, 0) is 0 Å². The number of hydrogen-bond donors (Lipinski definition) is 3. The summed E-state index contributed by atoms with van der Waals surface area (Å²) < 4.78 is 0. The van der Waals surface area contributed by atoms with E-state index >= 15 is 0 Å². The van der Waals surface area contributed by atoms with Crippen LogP contribution in [0.1, 0.15) is 65.2 Å². The molecule has 0 aromatic rings. The molecule has 0 saturated heterocycles. The molecule has 0 aromatic heterocycles. The minimum atomic E-state index is -1.26. The lowest BCUT2D eigenvalue weighted by molar-refractivity contribution is -0.144. The van der Waals surface area contributed by atoms with Crippen molar-refractivity contribution in [1.82, 2.24) is 4.90 Å². The molecule has 7 heteroatoms. The summed E-state index contributed by atoms with van der Waals surface area (Å²) in [6.07, 6.45) is 11.5. The lowest BCUT2D eigenvalue weighted by Crippen LogP contribution is -2.38. The first-order valence-electron chi connectivity index (χ1n) is 8.21. The Hall–Kier alpha value is -1.63. The SMILES string of the molecule is CCCCCCCCCC.O=C(O)CN(CC(=O)O)CC(=O)O. The Bertz CT molecular complexity index is 286. The highest BCUT2D eigenvalue weighted by Crippen LogP contribution is 2.07. The number of carboxylic acids is 3. The van der Waals surface area contributed by atoms with Crippen LogP contribution in [0.5, 0.6) is 0 Å². The van der Waals surface area contributed by atoms with Crippen molar-refractivity contribution in [3.05, 3.63) is 0 Å². The molecule has 7 nitrogen and oxygen atoms in total. The first-order chi connectivity index (χ1) is 10.8. The topological polar surface area (TPSA) is 115 Å². The molecule has 0 aliphatic heterocycles. The predicted octanol–water partition coefficient (Wildman–Crippen LogP) is 2.69. The summed E-state index contributed by atoms with van der Waals surface area (Å²) >= 11 is 0. The molecule has 0 saturated carbocycles. The van der Waals surface area contributed by atoms with Crippen molar-refractivity contribution >= 4 is 17.9 Å². The van der Waals surface area contributed by atoms with Gasteiger partial charge in [0.15, 0.2) is 0 Å². The minimum Gasteiger partial charge on any atom is -0.480 e. The molecule has 3 N–H and O–H groups in total. The van der Waals surface area contributed by atoms with E-state index in [1.165, 1.54) is 51.4 Å². The summed E-state index contributed by atoms with van der Waals surface area (Å²) in [7, 11) is 0. The number of hydrogen-bond acceptors (Lipinski definition) is 4. The zero-order valence-electron chi connectivity index (χ0n) is 14.3. The molecule has 23 heavy (non-hydrogen) atoms. The Kier molecular flexibility index (Phi) is 17.2. The van der Waals surface area contributed by atoms with Gasteiger partial charge < -0.3 is 15.3 Å². The summed E-state index contributed by atoms with van der Waals surface area (Å²) in [5.74, 6) is -3.78. The van der Waals surface area contributed by atoms with Crippen LogP contribution in [0.25, 0.3) is 0 Å². The minimum absolute atomic E-state index is 0.599. The van der Waals surface area contributed by atoms with E-state index in [-0.39, 0.29) is 0 Å². The van der Waals surface area contributed by atoms with E-state index in [9.17, 15) is 14.4 Å². The van der Waals surface area contributed by atoms with Gasteiger partial charge in [-0.25, -0.2) is 0 Å². The molecular formula is C16H31NO6. The fourth-order valence-corrected chi connectivity index (χ4v) is 1.95. The fraction of sp³-hybridized carbons (Fsp3) is 0.812. The van der Waals surface area contributed by atoms with E-state index in [4.69, 9.17) is 15.3 Å². The summed E-state index contributed by atoms with van der Waals surface area (Å²) in [6.45, 7) is 2.74. The highest BCUT2D eigenvalue weighted by Gasteiger charge is 2.15. The Labute approximate surface area is 138 Å². The summed E-state index contributed by atoms with van der Waals surface area (Å²) in [5, 5.41) is 24.8. The zero-order valence-corrected chi connectivity index (χ0v) is 14.3. The summed E-state index contributed by atoms with van der Waals surface area (Å²) in [4.78, 5) is 31.2. The molecule has 0 radical (unpaired) electrons. The van der Waals surface area contributed by atoms with Gasteiger partial charge >= 0.3 is 17.9 Å². The van der Waals surface area contributed by atoms with E-state index < -0.39 is 37.5 Å². The fourth-order valence-electron chi connectivity index (χ4n) is 1.95. The number of carbonyl (C=O) groups is 3. The van der Waals surface area contributed by atoms with Gasteiger partial charge in [-0.15, -0.1) is 0 Å². The van der Waals surface area contributed by atoms with Crippen LogP contribution in [0.3, 0.4) is 0 Å². The Balaban J connectivity index is 0. The maximum absolute atomic E-state index is 10.1. The van der Waals surface area contributed by atoms with Gasteiger partial charge in [0.25, 0.3) is 0 Å².